The predicted molar refractivity (Wildman–Crippen MR) is 55.7 cm³/mol. The third-order valence-electron chi connectivity index (χ3n) is 2.11. The minimum atomic E-state index is -1.00. The molecular weight excluding hydrogens is 215 g/mol. The van der Waals surface area contributed by atoms with Crippen molar-refractivity contribution in [3.8, 4) is 11.5 Å². The van der Waals surface area contributed by atoms with Crippen LogP contribution in [0, 0.1) is 0 Å². The number of hydrogen-bond donors (Lipinski definition) is 1. The molecule has 4 nitrogen and oxygen atoms in total. The van der Waals surface area contributed by atoms with Crippen molar-refractivity contribution in [1.82, 2.24) is 0 Å². The highest BCUT2D eigenvalue weighted by Gasteiger charge is 2.14. The van der Waals surface area contributed by atoms with Crippen LogP contribution in [-0.2, 0) is 17.9 Å². The molecule has 0 saturated heterocycles. The van der Waals surface area contributed by atoms with E-state index in [2.05, 4.69) is 0 Å². The highest BCUT2D eigenvalue weighted by atomic mass is 19.1. The topological polar surface area (TPSA) is 55.8 Å². The van der Waals surface area contributed by atoms with Gasteiger partial charge in [0.1, 0.15) is 6.67 Å². The Bertz CT molecular complexity index is 390. The minimum Gasteiger partial charge on any atom is -0.493 e. The summed E-state index contributed by atoms with van der Waals surface area (Å²) in [6.07, 6.45) is -0.229. The molecule has 0 aliphatic carbocycles. The lowest BCUT2D eigenvalue weighted by atomic mass is 10.1. The average molecular weight is 228 g/mol. The van der Waals surface area contributed by atoms with Crippen molar-refractivity contribution in [3.05, 3.63) is 23.3 Å². The van der Waals surface area contributed by atoms with E-state index in [0.717, 1.165) is 0 Å². The van der Waals surface area contributed by atoms with E-state index in [9.17, 15) is 9.18 Å². The maximum atomic E-state index is 12.6. The van der Waals surface area contributed by atoms with Crippen LogP contribution in [0.4, 0.5) is 4.39 Å². The van der Waals surface area contributed by atoms with E-state index < -0.39 is 12.6 Å². The molecule has 0 spiro atoms. The first-order valence-electron chi connectivity index (χ1n) is 4.64. The van der Waals surface area contributed by atoms with Crippen molar-refractivity contribution in [1.29, 1.82) is 0 Å². The molecule has 0 aliphatic rings. The van der Waals surface area contributed by atoms with Crippen molar-refractivity contribution in [3.63, 3.8) is 0 Å². The second kappa shape index (κ2) is 5.34. The van der Waals surface area contributed by atoms with E-state index in [1.54, 1.807) is 0 Å². The van der Waals surface area contributed by atoms with Gasteiger partial charge in [-0.3, -0.25) is 4.79 Å². The van der Waals surface area contributed by atoms with Gasteiger partial charge in [0.05, 0.1) is 20.6 Å². The summed E-state index contributed by atoms with van der Waals surface area (Å²) < 4.78 is 22.6. The number of aliphatic carboxylic acids is 1. The van der Waals surface area contributed by atoms with Crippen LogP contribution >= 0.6 is 0 Å². The summed E-state index contributed by atoms with van der Waals surface area (Å²) in [5.74, 6) is -0.327. The fraction of sp³-hybridized carbons (Fsp3) is 0.364. The number of halogens is 1. The summed E-state index contributed by atoms with van der Waals surface area (Å²) >= 11 is 0. The first kappa shape index (κ1) is 12.3. The molecule has 1 N–H and O–H groups in total. The van der Waals surface area contributed by atoms with E-state index >= 15 is 0 Å². The molecule has 1 rings (SSSR count). The van der Waals surface area contributed by atoms with Crippen LogP contribution in [0.3, 0.4) is 0 Å². The maximum absolute atomic E-state index is 12.6. The number of methoxy groups -OCH3 is 2. The lowest BCUT2D eigenvalue weighted by molar-refractivity contribution is -0.136. The Kier molecular flexibility index (Phi) is 4.10. The smallest absolute Gasteiger partial charge is 0.307 e. The molecule has 0 bridgehead atoms. The average Bonchev–Trinajstić information content (AvgIpc) is 2.27. The summed E-state index contributed by atoms with van der Waals surface area (Å²) in [5.41, 5.74) is 0.774. The predicted octanol–water partition coefficient (Wildman–Crippen LogP) is 1.80. The number of ether oxygens (including phenoxy) is 2. The molecule has 88 valence electrons. The summed E-state index contributed by atoms with van der Waals surface area (Å²) in [6.45, 7) is -0.674. The lowest BCUT2D eigenvalue weighted by Crippen LogP contribution is -2.04. The second-order valence-corrected chi connectivity index (χ2v) is 3.19. The summed E-state index contributed by atoms with van der Waals surface area (Å²) in [6, 6.07) is 2.96. The van der Waals surface area contributed by atoms with Gasteiger partial charge in [-0.15, -0.1) is 0 Å². The van der Waals surface area contributed by atoms with Crippen LogP contribution < -0.4 is 9.47 Å². The molecule has 0 atom stereocenters. The van der Waals surface area contributed by atoms with Crippen molar-refractivity contribution in [2.75, 3.05) is 14.2 Å². The molecule has 0 saturated carbocycles. The Balaban J connectivity index is 3.25. The Hall–Kier alpha value is -1.78. The van der Waals surface area contributed by atoms with E-state index in [4.69, 9.17) is 14.6 Å². The van der Waals surface area contributed by atoms with E-state index in [-0.39, 0.29) is 6.42 Å². The standard InChI is InChI=1S/C11H13FO4/c1-15-9-4-7(6-12)3-8(5-10(13)14)11(9)16-2/h3-4H,5-6H2,1-2H3,(H,13,14). The molecule has 0 amide bonds. The summed E-state index contributed by atoms with van der Waals surface area (Å²) in [4.78, 5) is 10.6. The molecular formula is C11H13FO4. The Labute approximate surface area is 92.6 Å². The van der Waals surface area contributed by atoms with Gasteiger partial charge in [0.15, 0.2) is 11.5 Å². The fourth-order valence-corrected chi connectivity index (χ4v) is 1.48. The van der Waals surface area contributed by atoms with Crippen LogP contribution in [0.25, 0.3) is 0 Å². The third kappa shape index (κ3) is 2.62. The SMILES string of the molecule is COc1cc(CF)cc(CC(=O)O)c1OC. The van der Waals surface area contributed by atoms with Gasteiger partial charge >= 0.3 is 5.97 Å². The van der Waals surface area contributed by atoms with Crippen LogP contribution in [-0.4, -0.2) is 25.3 Å². The van der Waals surface area contributed by atoms with Gasteiger partial charge in [0.25, 0.3) is 0 Å². The number of benzene rings is 1. The van der Waals surface area contributed by atoms with Gasteiger partial charge in [-0.25, -0.2) is 4.39 Å². The number of alkyl halides is 1. The van der Waals surface area contributed by atoms with Gasteiger partial charge in [0.2, 0.25) is 0 Å². The molecule has 0 heterocycles. The van der Waals surface area contributed by atoms with Crippen molar-refractivity contribution in [2.45, 2.75) is 13.1 Å². The van der Waals surface area contributed by atoms with Gasteiger partial charge in [0, 0.05) is 5.56 Å². The van der Waals surface area contributed by atoms with Crippen molar-refractivity contribution >= 4 is 5.97 Å². The minimum absolute atomic E-state index is 0.229. The van der Waals surface area contributed by atoms with Crippen molar-refractivity contribution in [2.24, 2.45) is 0 Å². The van der Waals surface area contributed by atoms with Gasteiger partial charge < -0.3 is 14.6 Å². The second-order valence-electron chi connectivity index (χ2n) is 3.19. The number of rotatable bonds is 5. The molecule has 16 heavy (non-hydrogen) atoms. The van der Waals surface area contributed by atoms with Gasteiger partial charge in [-0.05, 0) is 17.7 Å². The summed E-state index contributed by atoms with van der Waals surface area (Å²) in [7, 11) is 2.84. The molecule has 1 aromatic rings. The van der Waals surface area contributed by atoms with Crippen LogP contribution in [0.2, 0.25) is 0 Å². The zero-order valence-corrected chi connectivity index (χ0v) is 9.12. The van der Waals surface area contributed by atoms with E-state index in [1.807, 2.05) is 0 Å². The highest BCUT2D eigenvalue weighted by molar-refractivity contribution is 5.72. The number of carboxylic acid groups (broad SMARTS) is 1. The van der Waals surface area contributed by atoms with Gasteiger partial charge in [-0.1, -0.05) is 0 Å². The molecule has 0 aliphatic heterocycles. The number of hydrogen-bond acceptors (Lipinski definition) is 3. The normalized spacial score (nSPS) is 9.94. The maximum Gasteiger partial charge on any atom is 0.307 e. The highest BCUT2D eigenvalue weighted by Crippen LogP contribution is 2.33. The fourth-order valence-electron chi connectivity index (χ4n) is 1.48. The van der Waals surface area contributed by atoms with E-state index in [1.165, 1.54) is 26.4 Å². The number of carboxylic acids is 1. The molecule has 0 radical (unpaired) electrons. The van der Waals surface area contributed by atoms with E-state index in [0.29, 0.717) is 22.6 Å². The van der Waals surface area contributed by atoms with Crippen LogP contribution in [0.15, 0.2) is 12.1 Å². The lowest BCUT2D eigenvalue weighted by Gasteiger charge is -2.13. The first-order valence-corrected chi connectivity index (χ1v) is 4.64. The Morgan fingerprint density at radius 1 is 1.38 bits per heavy atom. The van der Waals surface area contributed by atoms with Crippen LogP contribution in [0.5, 0.6) is 11.5 Å². The quantitative estimate of drug-likeness (QED) is 0.834. The molecule has 0 unspecified atom stereocenters. The van der Waals surface area contributed by atoms with Gasteiger partial charge in [-0.2, -0.15) is 0 Å². The Morgan fingerprint density at radius 3 is 2.50 bits per heavy atom. The first-order chi connectivity index (χ1) is 7.62. The molecule has 5 heteroatoms. The number of carbonyl (C=O) groups is 1. The third-order valence-corrected chi connectivity index (χ3v) is 2.11. The van der Waals surface area contributed by atoms with Crippen LogP contribution in [0.1, 0.15) is 11.1 Å². The zero-order chi connectivity index (χ0) is 12.1. The van der Waals surface area contributed by atoms with Crippen molar-refractivity contribution < 1.29 is 23.8 Å². The molecule has 0 aromatic heterocycles. The molecule has 1 aromatic carbocycles. The zero-order valence-electron chi connectivity index (χ0n) is 9.12. The monoisotopic (exact) mass is 228 g/mol. The largest absolute Gasteiger partial charge is 0.493 e. The summed E-state index contributed by atoms with van der Waals surface area (Å²) in [5, 5.41) is 8.72. The molecule has 0 fully saturated rings. The Morgan fingerprint density at radius 2 is 2.06 bits per heavy atom.